The lowest BCUT2D eigenvalue weighted by atomic mass is 9.92. The van der Waals surface area contributed by atoms with Gasteiger partial charge in [-0.1, -0.05) is 6.42 Å². The Labute approximate surface area is 99.3 Å². The maximum Gasteiger partial charge on any atom is 0.0469 e. The molecule has 2 aliphatic heterocycles. The van der Waals surface area contributed by atoms with Crippen LogP contribution in [-0.4, -0.2) is 43.3 Å². The van der Waals surface area contributed by atoms with E-state index in [9.17, 15) is 0 Å². The second kappa shape index (κ2) is 5.99. The average Bonchev–Trinajstić information content (AvgIpc) is 2.33. The lowest BCUT2D eigenvalue weighted by Crippen LogP contribution is -2.51. The number of nitrogens with two attached hydrogens (primary N) is 1. The van der Waals surface area contributed by atoms with Gasteiger partial charge >= 0.3 is 0 Å². The minimum absolute atomic E-state index is 0.631. The maximum absolute atomic E-state index is 5.89. The zero-order valence-electron chi connectivity index (χ0n) is 10.5. The van der Waals surface area contributed by atoms with Crippen molar-refractivity contribution in [2.24, 2.45) is 11.7 Å². The first kappa shape index (κ1) is 12.3. The number of nitrogens with zero attached hydrogens (tertiary/aromatic N) is 1. The smallest absolute Gasteiger partial charge is 0.0469 e. The number of likely N-dealkylation sites (tertiary alicyclic amines) is 1. The molecule has 2 aliphatic rings. The number of piperidine rings is 1. The van der Waals surface area contributed by atoms with Crippen LogP contribution in [0.4, 0.5) is 0 Å². The maximum atomic E-state index is 5.89. The summed E-state index contributed by atoms with van der Waals surface area (Å²) in [6, 6.07) is 1.36. The van der Waals surface area contributed by atoms with Gasteiger partial charge in [0.05, 0.1) is 0 Å². The van der Waals surface area contributed by atoms with Crippen molar-refractivity contribution in [1.82, 2.24) is 4.90 Å². The molecule has 2 rings (SSSR count). The predicted octanol–water partition coefficient (Wildman–Crippen LogP) is 1.61. The summed E-state index contributed by atoms with van der Waals surface area (Å²) in [4.78, 5) is 2.67. The van der Waals surface area contributed by atoms with Crippen LogP contribution >= 0.6 is 0 Å². The van der Waals surface area contributed by atoms with Crippen molar-refractivity contribution < 1.29 is 4.74 Å². The molecule has 0 aromatic carbocycles. The van der Waals surface area contributed by atoms with Crippen molar-refractivity contribution >= 4 is 0 Å². The van der Waals surface area contributed by atoms with Crippen LogP contribution in [0.3, 0.4) is 0 Å². The molecule has 16 heavy (non-hydrogen) atoms. The van der Waals surface area contributed by atoms with Gasteiger partial charge in [-0.25, -0.2) is 0 Å². The third kappa shape index (κ3) is 2.96. The van der Waals surface area contributed by atoms with Crippen LogP contribution in [0, 0.1) is 5.92 Å². The highest BCUT2D eigenvalue weighted by Crippen LogP contribution is 2.26. The molecule has 2 N–H and O–H groups in total. The van der Waals surface area contributed by atoms with E-state index in [1.165, 1.54) is 38.6 Å². The summed E-state index contributed by atoms with van der Waals surface area (Å²) in [5, 5.41) is 0. The Hall–Kier alpha value is -0.120. The minimum Gasteiger partial charge on any atom is -0.381 e. The molecule has 0 aromatic rings. The molecule has 3 nitrogen and oxygen atoms in total. The SMILES string of the molecule is CC1CCCC(CN)N1CC1CCOCC1. The van der Waals surface area contributed by atoms with Crippen molar-refractivity contribution in [1.29, 1.82) is 0 Å². The van der Waals surface area contributed by atoms with E-state index in [4.69, 9.17) is 10.5 Å². The monoisotopic (exact) mass is 226 g/mol. The van der Waals surface area contributed by atoms with Gasteiger partial charge < -0.3 is 10.5 Å². The van der Waals surface area contributed by atoms with Crippen molar-refractivity contribution in [2.75, 3.05) is 26.3 Å². The molecule has 2 atom stereocenters. The highest BCUT2D eigenvalue weighted by molar-refractivity contribution is 4.84. The molecule has 0 amide bonds. The lowest BCUT2D eigenvalue weighted by Gasteiger charge is -2.42. The first-order valence-corrected chi connectivity index (χ1v) is 6.85. The molecule has 0 spiro atoms. The van der Waals surface area contributed by atoms with Gasteiger partial charge in [-0.2, -0.15) is 0 Å². The molecular formula is C13H26N2O. The van der Waals surface area contributed by atoms with Crippen molar-refractivity contribution in [3.63, 3.8) is 0 Å². The largest absolute Gasteiger partial charge is 0.381 e. The normalized spacial score (nSPS) is 34.1. The Morgan fingerprint density at radius 3 is 2.62 bits per heavy atom. The molecule has 2 unspecified atom stereocenters. The minimum atomic E-state index is 0.631. The quantitative estimate of drug-likeness (QED) is 0.794. The van der Waals surface area contributed by atoms with Crippen LogP contribution in [0.25, 0.3) is 0 Å². The Morgan fingerprint density at radius 2 is 1.94 bits per heavy atom. The van der Waals surface area contributed by atoms with E-state index in [2.05, 4.69) is 11.8 Å². The van der Waals surface area contributed by atoms with E-state index in [0.717, 1.165) is 31.7 Å². The van der Waals surface area contributed by atoms with E-state index in [1.807, 2.05) is 0 Å². The summed E-state index contributed by atoms with van der Waals surface area (Å²) in [7, 11) is 0. The van der Waals surface area contributed by atoms with Crippen molar-refractivity contribution in [3.05, 3.63) is 0 Å². The predicted molar refractivity (Wildman–Crippen MR) is 66.4 cm³/mol. The van der Waals surface area contributed by atoms with Crippen LogP contribution in [0.2, 0.25) is 0 Å². The van der Waals surface area contributed by atoms with Gasteiger partial charge in [0, 0.05) is 38.4 Å². The average molecular weight is 226 g/mol. The zero-order chi connectivity index (χ0) is 11.4. The Balaban J connectivity index is 1.88. The van der Waals surface area contributed by atoms with Gasteiger partial charge in [0.15, 0.2) is 0 Å². The fraction of sp³-hybridized carbons (Fsp3) is 1.00. The van der Waals surface area contributed by atoms with Gasteiger partial charge in [-0.3, -0.25) is 4.90 Å². The van der Waals surface area contributed by atoms with Gasteiger partial charge in [-0.05, 0) is 38.5 Å². The number of hydrogen-bond donors (Lipinski definition) is 1. The van der Waals surface area contributed by atoms with Crippen LogP contribution < -0.4 is 5.73 Å². The summed E-state index contributed by atoms with van der Waals surface area (Å²) in [6.07, 6.45) is 6.47. The molecule has 0 aliphatic carbocycles. The molecule has 0 aromatic heterocycles. The van der Waals surface area contributed by atoms with E-state index in [-0.39, 0.29) is 0 Å². The van der Waals surface area contributed by atoms with E-state index >= 15 is 0 Å². The topological polar surface area (TPSA) is 38.5 Å². The molecule has 2 fully saturated rings. The van der Waals surface area contributed by atoms with Crippen LogP contribution in [0.15, 0.2) is 0 Å². The zero-order valence-corrected chi connectivity index (χ0v) is 10.5. The summed E-state index contributed by atoms with van der Waals surface area (Å²) >= 11 is 0. The van der Waals surface area contributed by atoms with E-state index in [1.54, 1.807) is 0 Å². The van der Waals surface area contributed by atoms with Crippen LogP contribution in [0.5, 0.6) is 0 Å². The second-order valence-electron chi connectivity index (χ2n) is 5.42. The van der Waals surface area contributed by atoms with Crippen LogP contribution in [0.1, 0.15) is 39.0 Å². The molecule has 3 heteroatoms. The fourth-order valence-corrected chi connectivity index (χ4v) is 3.15. The standard InChI is InChI=1S/C13H26N2O/c1-11-3-2-4-13(9-14)15(11)10-12-5-7-16-8-6-12/h11-13H,2-10,14H2,1H3. The number of hydrogen-bond acceptors (Lipinski definition) is 3. The number of ether oxygens (including phenoxy) is 1. The summed E-state index contributed by atoms with van der Waals surface area (Å²) in [5.74, 6) is 0.836. The molecule has 2 heterocycles. The highest BCUT2D eigenvalue weighted by atomic mass is 16.5. The first-order valence-electron chi connectivity index (χ1n) is 6.85. The highest BCUT2D eigenvalue weighted by Gasteiger charge is 2.29. The number of rotatable bonds is 3. The summed E-state index contributed by atoms with van der Waals surface area (Å²) in [6.45, 7) is 6.35. The Kier molecular flexibility index (Phi) is 4.62. The molecule has 0 saturated carbocycles. The van der Waals surface area contributed by atoms with Gasteiger partial charge in [0.1, 0.15) is 0 Å². The third-order valence-electron chi connectivity index (χ3n) is 4.28. The van der Waals surface area contributed by atoms with Crippen molar-refractivity contribution in [3.8, 4) is 0 Å². The molecule has 2 saturated heterocycles. The van der Waals surface area contributed by atoms with Gasteiger partial charge in [0.25, 0.3) is 0 Å². The van der Waals surface area contributed by atoms with E-state index in [0.29, 0.717) is 6.04 Å². The van der Waals surface area contributed by atoms with Gasteiger partial charge in [0.2, 0.25) is 0 Å². The van der Waals surface area contributed by atoms with E-state index < -0.39 is 0 Å². The van der Waals surface area contributed by atoms with Crippen molar-refractivity contribution in [2.45, 2.75) is 51.1 Å². The molecule has 0 radical (unpaired) electrons. The summed E-state index contributed by atoms with van der Waals surface area (Å²) in [5.41, 5.74) is 5.89. The van der Waals surface area contributed by atoms with Crippen LogP contribution in [-0.2, 0) is 4.74 Å². The summed E-state index contributed by atoms with van der Waals surface area (Å²) < 4.78 is 5.43. The third-order valence-corrected chi connectivity index (χ3v) is 4.28. The first-order chi connectivity index (χ1) is 7.81. The molecular weight excluding hydrogens is 200 g/mol. The fourth-order valence-electron chi connectivity index (χ4n) is 3.15. The molecule has 0 bridgehead atoms. The Bertz CT molecular complexity index is 204. The lowest BCUT2D eigenvalue weighted by molar-refractivity contribution is 0.0241. The van der Waals surface area contributed by atoms with Gasteiger partial charge in [-0.15, -0.1) is 0 Å². The molecule has 94 valence electrons. The Morgan fingerprint density at radius 1 is 1.19 bits per heavy atom. The second-order valence-corrected chi connectivity index (χ2v) is 5.42.